The Morgan fingerprint density at radius 1 is 1.24 bits per heavy atom. The van der Waals surface area contributed by atoms with Crippen LogP contribution in [0.15, 0.2) is 29.3 Å². The molecule has 0 spiro atoms. The van der Waals surface area contributed by atoms with E-state index in [1.165, 1.54) is 6.07 Å². The molecule has 1 aromatic carbocycles. The lowest BCUT2D eigenvalue weighted by molar-refractivity contribution is 0.610. The zero-order valence-electron chi connectivity index (χ0n) is 8.12. The quantitative estimate of drug-likeness (QED) is 0.865. The Kier molecular flexibility index (Phi) is 3.36. The van der Waals surface area contributed by atoms with E-state index in [2.05, 4.69) is 10.2 Å². The summed E-state index contributed by atoms with van der Waals surface area (Å²) in [7, 11) is 1.39. The van der Waals surface area contributed by atoms with Gasteiger partial charge in [0.2, 0.25) is 0 Å². The van der Waals surface area contributed by atoms with E-state index in [-0.39, 0.29) is 10.6 Å². The molecule has 0 bridgehead atoms. The predicted octanol–water partition coefficient (Wildman–Crippen LogP) is 3.31. The van der Waals surface area contributed by atoms with Crippen LogP contribution in [0.3, 0.4) is 0 Å². The van der Waals surface area contributed by atoms with Gasteiger partial charge in [0.25, 0.3) is 9.05 Å². The third-order valence-corrected chi connectivity index (χ3v) is 3.96. The second-order valence-electron chi connectivity index (χ2n) is 3.17. The summed E-state index contributed by atoms with van der Waals surface area (Å²) in [6.07, 6.45) is 1.12. The largest absolute Gasteiger partial charge is 0.276 e. The number of aromatic nitrogens is 2. The Bertz CT molecular complexity index is 667. The molecule has 0 fully saturated rings. The maximum atomic E-state index is 11.3. The fraction of sp³-hybridized carbons (Fsp3) is 0. The third kappa shape index (κ3) is 2.57. The number of hydrogen-bond acceptors (Lipinski definition) is 3. The molecule has 0 atom stereocenters. The van der Waals surface area contributed by atoms with Gasteiger partial charge in [0, 0.05) is 21.3 Å². The Morgan fingerprint density at radius 3 is 2.59 bits per heavy atom. The van der Waals surface area contributed by atoms with Crippen LogP contribution in [0, 0.1) is 0 Å². The number of aromatic amines is 1. The molecule has 0 radical (unpaired) electrons. The van der Waals surface area contributed by atoms with Gasteiger partial charge in [0.05, 0.1) is 16.9 Å². The summed E-state index contributed by atoms with van der Waals surface area (Å²) in [6.45, 7) is 0. The van der Waals surface area contributed by atoms with Gasteiger partial charge in [-0.3, -0.25) is 5.10 Å². The van der Waals surface area contributed by atoms with Crippen LogP contribution in [0.1, 0.15) is 0 Å². The normalized spacial score (nSPS) is 11.7. The second kappa shape index (κ2) is 4.49. The van der Waals surface area contributed by atoms with Crippen LogP contribution in [0.2, 0.25) is 10.0 Å². The average Bonchev–Trinajstić information content (AvgIpc) is 2.69. The van der Waals surface area contributed by atoms with E-state index in [1.54, 1.807) is 12.1 Å². The van der Waals surface area contributed by atoms with Gasteiger partial charge in [0.15, 0.2) is 0 Å². The summed E-state index contributed by atoms with van der Waals surface area (Å²) in [6, 6.07) is 4.69. The fourth-order valence-corrected chi connectivity index (χ4v) is 2.66. The van der Waals surface area contributed by atoms with Crippen molar-refractivity contribution in [2.75, 3.05) is 0 Å². The highest BCUT2D eigenvalue weighted by Gasteiger charge is 2.20. The highest BCUT2D eigenvalue weighted by molar-refractivity contribution is 8.13. The molecule has 1 N–H and O–H groups in total. The van der Waals surface area contributed by atoms with Crippen molar-refractivity contribution in [3.8, 4) is 11.3 Å². The van der Waals surface area contributed by atoms with Crippen LogP contribution in [0.25, 0.3) is 11.3 Å². The van der Waals surface area contributed by atoms with E-state index in [1.807, 2.05) is 0 Å². The first-order chi connectivity index (χ1) is 7.89. The van der Waals surface area contributed by atoms with E-state index < -0.39 is 9.05 Å². The molecule has 0 saturated carbocycles. The number of nitrogens with zero attached hydrogens (tertiary/aromatic N) is 1. The lowest BCUT2D eigenvalue weighted by atomic mass is 10.1. The standard InChI is InChI=1S/C9H5Cl3N2O2S/c10-5-1-2-7(11)6(3-5)9-8(4-13-14-9)17(12,15)16/h1-4H,(H,13,14). The number of rotatable bonds is 2. The third-order valence-electron chi connectivity index (χ3n) is 2.06. The van der Waals surface area contributed by atoms with Crippen LogP contribution < -0.4 is 0 Å². The summed E-state index contributed by atoms with van der Waals surface area (Å²) >= 11 is 11.8. The van der Waals surface area contributed by atoms with Gasteiger partial charge < -0.3 is 0 Å². The number of hydrogen-bond donors (Lipinski definition) is 1. The van der Waals surface area contributed by atoms with Crippen LogP contribution in [0.5, 0.6) is 0 Å². The Morgan fingerprint density at radius 2 is 1.94 bits per heavy atom. The minimum atomic E-state index is -3.89. The number of benzene rings is 1. The molecular formula is C9H5Cl3N2O2S. The maximum Gasteiger partial charge on any atom is 0.265 e. The Balaban J connectivity index is 2.70. The molecule has 17 heavy (non-hydrogen) atoms. The molecule has 2 aromatic rings. The van der Waals surface area contributed by atoms with E-state index in [0.717, 1.165) is 6.20 Å². The van der Waals surface area contributed by atoms with E-state index in [0.29, 0.717) is 15.6 Å². The molecule has 1 aromatic heterocycles. The molecular weight excluding hydrogens is 307 g/mol. The van der Waals surface area contributed by atoms with Crippen molar-refractivity contribution < 1.29 is 8.42 Å². The zero-order chi connectivity index (χ0) is 12.6. The van der Waals surface area contributed by atoms with E-state index >= 15 is 0 Å². The predicted molar refractivity (Wildman–Crippen MR) is 67.1 cm³/mol. The molecule has 0 aliphatic heterocycles. The van der Waals surface area contributed by atoms with Crippen molar-refractivity contribution in [2.45, 2.75) is 4.90 Å². The average molecular weight is 312 g/mol. The minimum absolute atomic E-state index is 0.136. The smallest absolute Gasteiger partial charge is 0.265 e. The molecule has 90 valence electrons. The fourth-order valence-electron chi connectivity index (χ4n) is 1.34. The van der Waals surface area contributed by atoms with Crippen LogP contribution >= 0.6 is 33.9 Å². The summed E-state index contributed by atoms with van der Waals surface area (Å²) in [5.41, 5.74) is 0.642. The van der Waals surface area contributed by atoms with Crippen LogP contribution in [-0.4, -0.2) is 18.6 Å². The summed E-state index contributed by atoms with van der Waals surface area (Å²) in [5.74, 6) is 0. The van der Waals surface area contributed by atoms with Gasteiger partial charge in [-0.25, -0.2) is 8.42 Å². The molecule has 2 rings (SSSR count). The van der Waals surface area contributed by atoms with E-state index in [4.69, 9.17) is 33.9 Å². The van der Waals surface area contributed by atoms with Gasteiger partial charge >= 0.3 is 0 Å². The SMILES string of the molecule is O=S(=O)(Cl)c1cn[nH]c1-c1cc(Cl)ccc1Cl. The van der Waals surface area contributed by atoms with Gasteiger partial charge in [-0.2, -0.15) is 5.10 Å². The van der Waals surface area contributed by atoms with Crippen LogP contribution in [-0.2, 0) is 9.05 Å². The van der Waals surface area contributed by atoms with Crippen LogP contribution in [0.4, 0.5) is 0 Å². The lowest BCUT2D eigenvalue weighted by Gasteiger charge is -2.04. The Labute approximate surface area is 112 Å². The first-order valence-electron chi connectivity index (χ1n) is 4.33. The van der Waals surface area contributed by atoms with Gasteiger partial charge in [-0.1, -0.05) is 23.2 Å². The molecule has 1 heterocycles. The Hall–Kier alpha value is -0.750. The van der Waals surface area contributed by atoms with Gasteiger partial charge in [-0.05, 0) is 18.2 Å². The van der Waals surface area contributed by atoms with Crippen molar-refractivity contribution >= 4 is 42.9 Å². The second-order valence-corrected chi connectivity index (χ2v) is 6.55. The zero-order valence-corrected chi connectivity index (χ0v) is 11.2. The van der Waals surface area contributed by atoms with Crippen molar-refractivity contribution in [1.29, 1.82) is 0 Å². The summed E-state index contributed by atoms with van der Waals surface area (Å²) in [5, 5.41) is 6.96. The molecule has 0 unspecified atom stereocenters. The maximum absolute atomic E-state index is 11.3. The van der Waals surface area contributed by atoms with E-state index in [9.17, 15) is 8.42 Å². The lowest BCUT2D eigenvalue weighted by Crippen LogP contribution is -1.92. The van der Waals surface area contributed by atoms with Crippen molar-refractivity contribution in [1.82, 2.24) is 10.2 Å². The molecule has 4 nitrogen and oxygen atoms in total. The van der Waals surface area contributed by atoms with Crippen molar-refractivity contribution in [2.24, 2.45) is 0 Å². The summed E-state index contributed by atoms with van der Waals surface area (Å²) in [4.78, 5) is -0.136. The monoisotopic (exact) mass is 310 g/mol. The molecule has 0 aliphatic rings. The number of halogens is 3. The topological polar surface area (TPSA) is 62.8 Å². The van der Waals surface area contributed by atoms with Crippen molar-refractivity contribution in [3.63, 3.8) is 0 Å². The number of nitrogens with one attached hydrogen (secondary N) is 1. The highest BCUT2D eigenvalue weighted by atomic mass is 35.7. The molecule has 0 saturated heterocycles. The molecule has 0 amide bonds. The van der Waals surface area contributed by atoms with Gasteiger partial charge in [-0.15, -0.1) is 0 Å². The van der Waals surface area contributed by atoms with Gasteiger partial charge in [0.1, 0.15) is 4.90 Å². The number of H-pyrrole nitrogens is 1. The first-order valence-corrected chi connectivity index (χ1v) is 7.39. The summed E-state index contributed by atoms with van der Waals surface area (Å²) < 4.78 is 22.6. The molecule has 8 heteroatoms. The van der Waals surface area contributed by atoms with Crippen molar-refractivity contribution in [3.05, 3.63) is 34.4 Å². The minimum Gasteiger partial charge on any atom is -0.276 e. The first kappa shape index (κ1) is 12.7. The highest BCUT2D eigenvalue weighted by Crippen LogP contribution is 2.34. The molecule has 0 aliphatic carbocycles.